The highest BCUT2D eigenvalue weighted by Gasteiger charge is 2.42. The highest BCUT2D eigenvalue weighted by molar-refractivity contribution is 5.79. The molecule has 21 heavy (non-hydrogen) atoms. The van der Waals surface area contributed by atoms with Gasteiger partial charge in [0.15, 0.2) is 0 Å². The third-order valence-corrected chi connectivity index (χ3v) is 4.00. The van der Waals surface area contributed by atoms with E-state index in [1.807, 2.05) is 30.3 Å². The maximum Gasteiger partial charge on any atom is 0.326 e. The summed E-state index contributed by atoms with van der Waals surface area (Å²) in [6, 6.07) is 9.40. The first-order chi connectivity index (χ1) is 9.81. The standard InChI is InChI=1S/C16H21F2NO2/c1-15(2,19-10-8-16(17,18)9-11-19)14(20)21-12-13-6-4-3-5-7-13/h3-7H,8-12H2,1-2H3. The fraction of sp³-hybridized carbons (Fsp3) is 0.562. The molecule has 1 aromatic rings. The van der Waals surface area contributed by atoms with E-state index in [0.29, 0.717) is 0 Å². The summed E-state index contributed by atoms with van der Waals surface area (Å²) in [6.45, 7) is 4.07. The van der Waals surface area contributed by atoms with Crippen LogP contribution >= 0.6 is 0 Å². The van der Waals surface area contributed by atoms with Crippen LogP contribution in [-0.4, -0.2) is 35.4 Å². The average molecular weight is 297 g/mol. The van der Waals surface area contributed by atoms with Crippen LogP contribution in [0, 0.1) is 0 Å². The lowest BCUT2D eigenvalue weighted by atomic mass is 9.97. The van der Waals surface area contributed by atoms with Crippen molar-refractivity contribution in [2.45, 2.75) is 44.8 Å². The number of halogens is 2. The molecule has 2 rings (SSSR count). The van der Waals surface area contributed by atoms with E-state index in [9.17, 15) is 13.6 Å². The first-order valence-electron chi connectivity index (χ1n) is 7.15. The molecule has 1 saturated heterocycles. The Kier molecular flexibility index (Phi) is 4.61. The van der Waals surface area contributed by atoms with Gasteiger partial charge in [-0.1, -0.05) is 30.3 Å². The lowest BCUT2D eigenvalue weighted by Crippen LogP contribution is -2.55. The molecular formula is C16H21F2NO2. The van der Waals surface area contributed by atoms with Gasteiger partial charge in [-0.2, -0.15) is 0 Å². The van der Waals surface area contributed by atoms with Crippen LogP contribution in [0.15, 0.2) is 30.3 Å². The Balaban J connectivity index is 1.91. The van der Waals surface area contributed by atoms with E-state index in [-0.39, 0.29) is 38.5 Å². The number of benzene rings is 1. The van der Waals surface area contributed by atoms with Gasteiger partial charge in [-0.15, -0.1) is 0 Å². The summed E-state index contributed by atoms with van der Waals surface area (Å²) < 4.78 is 31.7. The third-order valence-electron chi connectivity index (χ3n) is 4.00. The molecule has 1 aromatic carbocycles. The molecule has 1 heterocycles. The van der Waals surface area contributed by atoms with E-state index in [4.69, 9.17) is 4.74 Å². The van der Waals surface area contributed by atoms with Gasteiger partial charge in [-0.3, -0.25) is 9.69 Å². The van der Waals surface area contributed by atoms with Crippen molar-refractivity contribution in [2.24, 2.45) is 0 Å². The smallest absolute Gasteiger partial charge is 0.326 e. The maximum atomic E-state index is 13.2. The lowest BCUT2D eigenvalue weighted by molar-refractivity contribution is -0.162. The molecule has 0 unspecified atom stereocenters. The first-order valence-corrected chi connectivity index (χ1v) is 7.15. The summed E-state index contributed by atoms with van der Waals surface area (Å²) in [5, 5.41) is 0. The first kappa shape index (κ1) is 15.9. The number of piperidine rings is 1. The fourth-order valence-electron chi connectivity index (χ4n) is 2.42. The molecule has 0 saturated carbocycles. The zero-order valence-electron chi connectivity index (χ0n) is 12.4. The van der Waals surface area contributed by atoms with Gasteiger partial charge in [0.25, 0.3) is 5.92 Å². The van der Waals surface area contributed by atoms with Crippen LogP contribution in [0.25, 0.3) is 0 Å². The molecular weight excluding hydrogens is 276 g/mol. The molecule has 0 N–H and O–H groups in total. The minimum Gasteiger partial charge on any atom is -0.459 e. The predicted octanol–water partition coefficient (Wildman–Crippen LogP) is 3.24. The van der Waals surface area contributed by atoms with Crippen molar-refractivity contribution in [2.75, 3.05) is 13.1 Å². The van der Waals surface area contributed by atoms with E-state index in [2.05, 4.69) is 0 Å². The van der Waals surface area contributed by atoms with Crippen LogP contribution in [0.1, 0.15) is 32.3 Å². The fourth-order valence-corrected chi connectivity index (χ4v) is 2.42. The molecule has 0 aliphatic carbocycles. The summed E-state index contributed by atoms with van der Waals surface area (Å²) in [5.41, 5.74) is 0.0254. The van der Waals surface area contributed by atoms with Crippen LogP contribution in [-0.2, 0) is 16.1 Å². The Labute approximate surface area is 123 Å². The minimum atomic E-state index is -2.61. The monoisotopic (exact) mass is 297 g/mol. The summed E-state index contributed by atoms with van der Waals surface area (Å²) in [4.78, 5) is 14.0. The molecule has 116 valence electrons. The Morgan fingerprint density at radius 3 is 2.38 bits per heavy atom. The van der Waals surface area contributed by atoms with Crippen molar-refractivity contribution in [3.8, 4) is 0 Å². The van der Waals surface area contributed by atoms with Crippen LogP contribution in [0.3, 0.4) is 0 Å². The van der Waals surface area contributed by atoms with Gasteiger partial charge < -0.3 is 4.74 Å². The zero-order valence-corrected chi connectivity index (χ0v) is 12.4. The predicted molar refractivity (Wildman–Crippen MR) is 76.1 cm³/mol. The molecule has 0 bridgehead atoms. The van der Waals surface area contributed by atoms with Gasteiger partial charge in [0, 0.05) is 25.9 Å². The highest BCUT2D eigenvalue weighted by Crippen LogP contribution is 2.31. The molecule has 1 fully saturated rings. The van der Waals surface area contributed by atoms with Crippen molar-refractivity contribution in [3.05, 3.63) is 35.9 Å². The van der Waals surface area contributed by atoms with E-state index >= 15 is 0 Å². The number of nitrogens with zero attached hydrogens (tertiary/aromatic N) is 1. The van der Waals surface area contributed by atoms with Crippen molar-refractivity contribution < 1.29 is 18.3 Å². The number of alkyl halides is 2. The largest absolute Gasteiger partial charge is 0.459 e. The number of likely N-dealkylation sites (tertiary alicyclic amines) is 1. The molecule has 3 nitrogen and oxygen atoms in total. The summed E-state index contributed by atoms with van der Waals surface area (Å²) in [7, 11) is 0. The lowest BCUT2D eigenvalue weighted by Gasteiger charge is -2.40. The van der Waals surface area contributed by atoms with Gasteiger partial charge >= 0.3 is 5.97 Å². The summed E-state index contributed by atoms with van der Waals surface area (Å²) >= 11 is 0. The van der Waals surface area contributed by atoms with Gasteiger partial charge in [-0.05, 0) is 19.4 Å². The highest BCUT2D eigenvalue weighted by atomic mass is 19.3. The zero-order chi connectivity index (χ0) is 15.5. The number of hydrogen-bond acceptors (Lipinski definition) is 3. The number of ether oxygens (including phenoxy) is 1. The minimum absolute atomic E-state index is 0.201. The van der Waals surface area contributed by atoms with E-state index in [1.54, 1.807) is 18.7 Å². The summed E-state index contributed by atoms with van der Waals surface area (Å²) in [5.74, 6) is -2.99. The topological polar surface area (TPSA) is 29.5 Å². The van der Waals surface area contributed by atoms with E-state index in [0.717, 1.165) is 5.56 Å². The van der Waals surface area contributed by atoms with Crippen LogP contribution in [0.2, 0.25) is 0 Å². The second kappa shape index (κ2) is 6.10. The van der Waals surface area contributed by atoms with Crippen LogP contribution < -0.4 is 0 Å². The average Bonchev–Trinajstić information content (AvgIpc) is 2.45. The molecule has 0 amide bonds. The molecule has 1 aliphatic rings. The van der Waals surface area contributed by atoms with Crippen LogP contribution in [0.4, 0.5) is 8.78 Å². The second-order valence-corrected chi connectivity index (χ2v) is 5.96. The van der Waals surface area contributed by atoms with Crippen molar-refractivity contribution in [3.63, 3.8) is 0 Å². The van der Waals surface area contributed by atoms with Crippen molar-refractivity contribution in [1.82, 2.24) is 4.90 Å². The van der Waals surface area contributed by atoms with Crippen LogP contribution in [0.5, 0.6) is 0 Å². The Morgan fingerprint density at radius 2 is 1.81 bits per heavy atom. The molecule has 0 radical (unpaired) electrons. The molecule has 5 heteroatoms. The van der Waals surface area contributed by atoms with Gasteiger partial charge in [0.05, 0.1) is 0 Å². The number of rotatable bonds is 4. The van der Waals surface area contributed by atoms with Gasteiger partial charge in [-0.25, -0.2) is 8.78 Å². The summed E-state index contributed by atoms with van der Waals surface area (Å²) in [6.07, 6.45) is -0.412. The number of carbonyl (C=O) groups excluding carboxylic acids is 1. The van der Waals surface area contributed by atoms with Gasteiger partial charge in [0.2, 0.25) is 0 Å². The molecule has 0 atom stereocenters. The normalized spacial score (nSPS) is 19.2. The molecule has 1 aliphatic heterocycles. The van der Waals surface area contributed by atoms with Crippen molar-refractivity contribution >= 4 is 5.97 Å². The molecule has 0 spiro atoms. The Morgan fingerprint density at radius 1 is 1.24 bits per heavy atom. The second-order valence-electron chi connectivity index (χ2n) is 5.96. The SMILES string of the molecule is CC(C)(C(=O)OCc1ccccc1)N1CCC(F)(F)CC1. The Bertz CT molecular complexity index is 478. The van der Waals surface area contributed by atoms with E-state index in [1.165, 1.54) is 0 Å². The number of carbonyl (C=O) groups is 1. The van der Waals surface area contributed by atoms with E-state index < -0.39 is 11.5 Å². The van der Waals surface area contributed by atoms with Gasteiger partial charge in [0.1, 0.15) is 12.1 Å². The number of esters is 1. The quantitative estimate of drug-likeness (QED) is 0.799. The maximum absolute atomic E-state index is 13.2. The molecule has 0 aromatic heterocycles. The Hall–Kier alpha value is -1.49. The van der Waals surface area contributed by atoms with Crippen molar-refractivity contribution in [1.29, 1.82) is 0 Å². The third kappa shape index (κ3) is 4.00. The number of hydrogen-bond donors (Lipinski definition) is 0.